The van der Waals surface area contributed by atoms with E-state index in [0.29, 0.717) is 5.69 Å². The second-order valence-corrected chi connectivity index (χ2v) is 9.80. The third kappa shape index (κ3) is 5.29. The molecule has 0 unspecified atom stereocenters. The maximum atomic E-state index is 13.5. The van der Waals surface area contributed by atoms with Crippen molar-refractivity contribution >= 4 is 27.3 Å². The molecule has 3 rings (SSSR count). The standard InChI is InChI=1S/C22H23F3N4O3S/c1-28(2)17-7-8-19(18(13-17)22(23,24)25)27-21(30)15-9-11-29(12-10-15)33(31,32)20-6-4-3-5-16(20)14-26/h3-8,13,15H,9-12H2,1-2H3,(H,27,30). The summed E-state index contributed by atoms with van der Waals surface area (Å²) in [7, 11) is -0.695. The van der Waals surface area contributed by atoms with E-state index in [-0.39, 0.29) is 42.1 Å². The van der Waals surface area contributed by atoms with E-state index in [0.717, 1.165) is 6.07 Å². The van der Waals surface area contributed by atoms with Crippen LogP contribution in [0.3, 0.4) is 0 Å². The topological polar surface area (TPSA) is 93.5 Å². The van der Waals surface area contributed by atoms with Crippen molar-refractivity contribution in [2.24, 2.45) is 5.92 Å². The molecule has 0 bridgehead atoms. The van der Waals surface area contributed by atoms with Crippen molar-refractivity contribution in [3.63, 3.8) is 0 Å². The number of alkyl halides is 3. The van der Waals surface area contributed by atoms with E-state index in [2.05, 4.69) is 5.32 Å². The van der Waals surface area contributed by atoms with Gasteiger partial charge in [0.25, 0.3) is 0 Å². The number of carbonyl (C=O) groups excluding carboxylic acids is 1. The van der Waals surface area contributed by atoms with Crippen LogP contribution in [0.2, 0.25) is 0 Å². The number of hydrogen-bond donors (Lipinski definition) is 1. The fourth-order valence-electron chi connectivity index (χ4n) is 3.67. The number of nitriles is 1. The van der Waals surface area contributed by atoms with E-state index in [9.17, 15) is 31.6 Å². The Morgan fingerprint density at radius 3 is 2.36 bits per heavy atom. The summed E-state index contributed by atoms with van der Waals surface area (Å²) in [5, 5.41) is 11.6. The molecule has 2 aromatic rings. The normalized spacial score (nSPS) is 15.6. The zero-order valence-electron chi connectivity index (χ0n) is 18.1. The minimum Gasteiger partial charge on any atom is -0.378 e. The molecule has 11 heteroatoms. The molecule has 176 valence electrons. The summed E-state index contributed by atoms with van der Waals surface area (Å²) >= 11 is 0. The van der Waals surface area contributed by atoms with Crippen LogP contribution in [0, 0.1) is 17.2 Å². The highest BCUT2D eigenvalue weighted by Crippen LogP contribution is 2.37. The van der Waals surface area contributed by atoms with Crippen LogP contribution in [0.5, 0.6) is 0 Å². The molecule has 7 nitrogen and oxygen atoms in total. The Morgan fingerprint density at radius 2 is 1.79 bits per heavy atom. The maximum absolute atomic E-state index is 13.5. The monoisotopic (exact) mass is 480 g/mol. The molecule has 1 amide bonds. The maximum Gasteiger partial charge on any atom is 0.418 e. The molecule has 0 saturated carbocycles. The predicted octanol–water partition coefficient (Wildman–Crippen LogP) is 3.68. The lowest BCUT2D eigenvalue weighted by Gasteiger charge is -2.31. The highest BCUT2D eigenvalue weighted by molar-refractivity contribution is 7.89. The van der Waals surface area contributed by atoms with E-state index < -0.39 is 33.6 Å². The number of carbonyl (C=O) groups is 1. The van der Waals surface area contributed by atoms with E-state index >= 15 is 0 Å². The number of nitrogens with one attached hydrogen (secondary N) is 1. The van der Waals surface area contributed by atoms with Crippen LogP contribution in [0.1, 0.15) is 24.0 Å². The van der Waals surface area contributed by atoms with E-state index in [4.69, 9.17) is 0 Å². The van der Waals surface area contributed by atoms with Gasteiger partial charge in [0, 0.05) is 38.8 Å². The molecule has 33 heavy (non-hydrogen) atoms. The van der Waals surface area contributed by atoms with Gasteiger partial charge in [0.15, 0.2) is 0 Å². The first-order valence-electron chi connectivity index (χ1n) is 10.1. The minimum absolute atomic E-state index is 0.0197. The zero-order valence-corrected chi connectivity index (χ0v) is 18.9. The molecule has 0 aromatic heterocycles. The highest BCUT2D eigenvalue weighted by Gasteiger charge is 2.36. The third-order valence-corrected chi connectivity index (χ3v) is 7.49. The summed E-state index contributed by atoms with van der Waals surface area (Å²) in [5.41, 5.74) is -0.916. The number of amides is 1. The quantitative estimate of drug-likeness (QED) is 0.705. The molecular weight excluding hydrogens is 457 g/mol. The summed E-state index contributed by atoms with van der Waals surface area (Å²) < 4.78 is 67.6. The number of piperidine rings is 1. The summed E-state index contributed by atoms with van der Waals surface area (Å²) in [6.45, 7) is 0.0394. The number of rotatable bonds is 5. The van der Waals surface area contributed by atoms with Gasteiger partial charge in [-0.1, -0.05) is 12.1 Å². The van der Waals surface area contributed by atoms with Crippen LogP contribution >= 0.6 is 0 Å². The smallest absolute Gasteiger partial charge is 0.378 e. The second kappa shape index (κ2) is 9.41. The first-order valence-corrected chi connectivity index (χ1v) is 11.6. The van der Waals surface area contributed by atoms with Crippen LogP contribution in [0.15, 0.2) is 47.4 Å². The summed E-state index contributed by atoms with van der Waals surface area (Å²) in [5.74, 6) is -1.23. The van der Waals surface area contributed by atoms with Gasteiger partial charge in [0.2, 0.25) is 15.9 Å². The van der Waals surface area contributed by atoms with Gasteiger partial charge in [-0.05, 0) is 43.2 Å². The minimum atomic E-state index is -4.65. The molecule has 0 spiro atoms. The zero-order chi connectivity index (χ0) is 24.4. The lowest BCUT2D eigenvalue weighted by molar-refractivity contribution is -0.137. The Balaban J connectivity index is 1.72. The van der Waals surface area contributed by atoms with Crippen LogP contribution in [-0.2, 0) is 21.0 Å². The molecule has 1 heterocycles. The molecule has 0 aliphatic carbocycles. The van der Waals surface area contributed by atoms with Crippen LogP contribution in [0.4, 0.5) is 24.5 Å². The van der Waals surface area contributed by atoms with Crippen molar-refractivity contribution in [1.29, 1.82) is 5.26 Å². The largest absolute Gasteiger partial charge is 0.418 e. The van der Waals surface area contributed by atoms with Crippen molar-refractivity contribution in [3.8, 4) is 6.07 Å². The predicted molar refractivity (Wildman–Crippen MR) is 117 cm³/mol. The first kappa shape index (κ1) is 24.5. The Morgan fingerprint density at radius 1 is 1.15 bits per heavy atom. The fraction of sp³-hybridized carbons (Fsp3) is 0.364. The van der Waals surface area contributed by atoms with Gasteiger partial charge in [0.1, 0.15) is 6.07 Å². The van der Waals surface area contributed by atoms with Crippen molar-refractivity contribution in [3.05, 3.63) is 53.6 Å². The van der Waals surface area contributed by atoms with Gasteiger partial charge < -0.3 is 10.2 Å². The van der Waals surface area contributed by atoms with Gasteiger partial charge in [-0.2, -0.15) is 22.7 Å². The van der Waals surface area contributed by atoms with Gasteiger partial charge >= 0.3 is 6.18 Å². The van der Waals surface area contributed by atoms with Gasteiger partial charge in [0.05, 0.1) is 21.7 Å². The van der Waals surface area contributed by atoms with Crippen molar-refractivity contribution in [2.75, 3.05) is 37.4 Å². The SMILES string of the molecule is CN(C)c1ccc(NC(=O)C2CCN(S(=O)(=O)c3ccccc3C#N)CC2)c(C(F)(F)F)c1. The number of anilines is 2. The van der Waals surface area contributed by atoms with Gasteiger partial charge in [-0.3, -0.25) is 4.79 Å². The van der Waals surface area contributed by atoms with Crippen molar-refractivity contribution < 1.29 is 26.4 Å². The molecule has 1 aliphatic rings. The number of nitrogens with zero attached hydrogens (tertiary/aromatic N) is 3. The van der Waals surface area contributed by atoms with E-state index in [1.165, 1.54) is 39.5 Å². The molecule has 0 radical (unpaired) electrons. The molecular formula is C22H23F3N4O3S. The average Bonchev–Trinajstić information content (AvgIpc) is 2.78. The lowest BCUT2D eigenvalue weighted by Crippen LogP contribution is -2.41. The van der Waals surface area contributed by atoms with E-state index in [1.807, 2.05) is 6.07 Å². The molecule has 2 aromatic carbocycles. The summed E-state index contributed by atoms with van der Waals surface area (Å²) in [4.78, 5) is 14.1. The average molecular weight is 481 g/mol. The Hall–Kier alpha value is -3.10. The van der Waals surface area contributed by atoms with E-state index in [1.54, 1.807) is 20.2 Å². The Kier molecular flexibility index (Phi) is 7.00. The summed E-state index contributed by atoms with van der Waals surface area (Å²) in [6.07, 6.45) is -4.35. The lowest BCUT2D eigenvalue weighted by atomic mass is 9.97. The van der Waals surface area contributed by atoms with Crippen LogP contribution < -0.4 is 10.2 Å². The molecule has 0 atom stereocenters. The molecule has 1 fully saturated rings. The van der Waals surface area contributed by atoms with Crippen molar-refractivity contribution in [1.82, 2.24) is 4.31 Å². The third-order valence-electron chi connectivity index (χ3n) is 5.53. The number of hydrogen-bond acceptors (Lipinski definition) is 5. The summed E-state index contributed by atoms with van der Waals surface area (Å²) in [6, 6.07) is 11.4. The second-order valence-electron chi connectivity index (χ2n) is 7.90. The number of sulfonamides is 1. The Labute approximate surface area is 190 Å². The molecule has 1 aliphatic heterocycles. The van der Waals surface area contributed by atoms with Crippen LogP contribution in [-0.4, -0.2) is 45.8 Å². The highest BCUT2D eigenvalue weighted by atomic mass is 32.2. The number of halogens is 3. The molecule has 1 saturated heterocycles. The molecule has 1 N–H and O–H groups in total. The fourth-order valence-corrected chi connectivity index (χ4v) is 5.28. The number of benzene rings is 2. The Bertz CT molecular complexity index is 1180. The van der Waals surface area contributed by atoms with Crippen molar-refractivity contribution in [2.45, 2.75) is 23.9 Å². The first-order chi connectivity index (χ1) is 15.4. The van der Waals surface area contributed by atoms with Gasteiger partial charge in [-0.15, -0.1) is 0 Å². The van der Waals surface area contributed by atoms with Gasteiger partial charge in [-0.25, -0.2) is 8.42 Å². The van der Waals surface area contributed by atoms with Crippen LogP contribution in [0.25, 0.3) is 0 Å².